The molecule has 6 unspecified atom stereocenters. The molecule has 3 aromatic rings. The topological polar surface area (TPSA) is 166 Å². The van der Waals surface area contributed by atoms with Gasteiger partial charge in [-0.2, -0.15) is 0 Å². The summed E-state index contributed by atoms with van der Waals surface area (Å²) in [5, 5.41) is 34.7. The Balaban J connectivity index is 1.45. The molecule has 6 rings (SSSR count). The van der Waals surface area contributed by atoms with Gasteiger partial charge < -0.3 is 43.8 Å². The van der Waals surface area contributed by atoms with Crippen LogP contribution in [0.25, 0.3) is 0 Å². The number of aliphatic hydroxyl groups is 3. The number of ether oxygens (including phenoxy) is 5. The number of aldehydes is 1. The van der Waals surface area contributed by atoms with Crippen LogP contribution in [0.15, 0.2) is 102 Å². The van der Waals surface area contributed by atoms with Crippen LogP contribution in [0.5, 0.6) is 17.2 Å². The molecule has 0 radical (unpaired) electrons. The molecule has 0 saturated heterocycles. The third-order valence-corrected chi connectivity index (χ3v) is 14.2. The fourth-order valence-corrected chi connectivity index (χ4v) is 10.8. The van der Waals surface area contributed by atoms with Gasteiger partial charge in [0.2, 0.25) is 5.79 Å². The summed E-state index contributed by atoms with van der Waals surface area (Å²) in [4.78, 5) is 34.5. The number of oxime groups is 1. The van der Waals surface area contributed by atoms with Crippen molar-refractivity contribution in [1.29, 1.82) is 0 Å². The normalized spacial score (nSPS) is 21.6. The number of aliphatic hydroxyl groups excluding tert-OH is 3. The smallest absolute Gasteiger partial charge is 0.410 e. The Bertz CT molecular complexity index is 2130. The number of carbonyl (C=O) groups excluding carboxylic acids is 2. The lowest BCUT2D eigenvalue weighted by Crippen LogP contribution is -2.70. The van der Waals surface area contributed by atoms with E-state index in [1.54, 1.807) is 29.2 Å². The Kier molecular flexibility index (Phi) is 23.4. The minimum absolute atomic E-state index is 0.00754. The van der Waals surface area contributed by atoms with Crippen LogP contribution in [0.3, 0.4) is 0 Å². The van der Waals surface area contributed by atoms with Crippen molar-refractivity contribution < 1.29 is 53.4 Å². The first-order chi connectivity index (χ1) is 34.9. The molecule has 0 spiro atoms. The van der Waals surface area contributed by atoms with Gasteiger partial charge in [-0.3, -0.25) is 9.69 Å². The molecule has 3 aromatic carbocycles. The largest absolute Gasteiger partial charge is 0.459 e. The average molecular weight is 981 g/mol. The Hall–Kier alpha value is -5.05. The molecular weight excluding hydrogens is 901 g/mol. The van der Waals surface area contributed by atoms with Crippen molar-refractivity contribution in [2.24, 2.45) is 22.9 Å². The zero-order valence-electron chi connectivity index (χ0n) is 42.1. The van der Waals surface area contributed by atoms with Gasteiger partial charge in [-0.1, -0.05) is 137 Å². The number of fused-ring (bicyclic) bond motifs is 2. The molecule has 1 aliphatic heterocycles. The molecular formula is C58H80N2O11. The quantitative estimate of drug-likeness (QED) is 0.0226. The van der Waals surface area contributed by atoms with Crippen LogP contribution in [-0.4, -0.2) is 103 Å². The molecule has 13 nitrogen and oxygen atoms in total. The van der Waals surface area contributed by atoms with E-state index in [2.05, 4.69) is 19.6 Å². The zero-order valence-corrected chi connectivity index (χ0v) is 42.1. The summed E-state index contributed by atoms with van der Waals surface area (Å²) in [6.07, 6.45) is 20.4. The molecule has 3 aliphatic rings. The van der Waals surface area contributed by atoms with Gasteiger partial charge >= 0.3 is 6.09 Å². The molecule has 71 heavy (non-hydrogen) atoms. The van der Waals surface area contributed by atoms with Gasteiger partial charge in [0.15, 0.2) is 0 Å². The maximum atomic E-state index is 14.9. The van der Waals surface area contributed by atoms with E-state index in [0.29, 0.717) is 41.4 Å². The number of hydrogen-bond acceptors (Lipinski definition) is 12. The first kappa shape index (κ1) is 55.3. The third-order valence-electron chi connectivity index (χ3n) is 14.2. The number of carbonyl (C=O) groups is 2. The van der Waals surface area contributed by atoms with Gasteiger partial charge in [-0.05, 0) is 85.4 Å². The lowest BCUT2D eigenvalue weighted by Gasteiger charge is -2.59. The van der Waals surface area contributed by atoms with Gasteiger partial charge in [0, 0.05) is 43.2 Å². The van der Waals surface area contributed by atoms with E-state index in [4.69, 9.17) is 33.7 Å². The van der Waals surface area contributed by atoms with Crippen molar-refractivity contribution in [2.45, 2.75) is 140 Å². The standard InChI is InChI=1S/C58H80N2O11/c1-3-5-6-7-8-9-10-11-12-20-35-67-57(65)60(30-36-66-37-33-63)54-41-52(59-69-43-44-22-14-13-15-23-44)50-39-46(25-16-18-31-61)49(27-17-19-32-62)55-51-40-48(70-47-26-21-24-45(38-47)42-64)28-29-53(51)71-58(54,56(50)55)68-34-4-2/h4,13-15,21-24,26,28-29,38-40,42,46,49,54-56,61-63H,2-3,5-12,16-20,25,27,30-37,41,43H2,1H3. The van der Waals surface area contributed by atoms with Crippen LogP contribution in [0.4, 0.5) is 4.79 Å². The van der Waals surface area contributed by atoms with E-state index in [1.807, 2.05) is 54.6 Å². The van der Waals surface area contributed by atoms with Gasteiger partial charge in [0.05, 0.1) is 44.7 Å². The van der Waals surface area contributed by atoms with Gasteiger partial charge in [-0.15, -0.1) is 6.58 Å². The lowest BCUT2D eigenvalue weighted by molar-refractivity contribution is -0.256. The number of amides is 1. The molecule has 1 saturated carbocycles. The fourth-order valence-electron chi connectivity index (χ4n) is 10.8. The summed E-state index contributed by atoms with van der Waals surface area (Å²) in [5.41, 5.74) is 3.91. The fraction of sp³-hybridized carbons (Fsp3) is 0.569. The van der Waals surface area contributed by atoms with E-state index in [0.717, 1.165) is 74.4 Å². The average Bonchev–Trinajstić information content (AvgIpc) is 3.39. The highest BCUT2D eigenvalue weighted by Crippen LogP contribution is 2.62. The highest BCUT2D eigenvalue weighted by Gasteiger charge is 2.65. The summed E-state index contributed by atoms with van der Waals surface area (Å²) in [6, 6.07) is 21.8. The number of unbranched alkanes of at least 4 members (excludes halogenated alkanes) is 11. The third kappa shape index (κ3) is 15.5. The maximum Gasteiger partial charge on any atom is 0.410 e. The van der Waals surface area contributed by atoms with Crippen molar-refractivity contribution in [3.05, 3.63) is 114 Å². The minimum atomic E-state index is -1.50. The molecule has 1 fully saturated rings. The highest BCUT2D eigenvalue weighted by molar-refractivity contribution is 6.03. The van der Waals surface area contributed by atoms with E-state index < -0.39 is 23.8 Å². The van der Waals surface area contributed by atoms with Crippen LogP contribution < -0.4 is 9.47 Å². The van der Waals surface area contributed by atoms with Gasteiger partial charge in [0.25, 0.3) is 0 Å². The lowest BCUT2D eigenvalue weighted by atomic mass is 9.55. The predicted octanol–water partition coefficient (Wildman–Crippen LogP) is 11.5. The molecule has 388 valence electrons. The second-order valence-corrected chi connectivity index (χ2v) is 19.1. The molecule has 0 bridgehead atoms. The van der Waals surface area contributed by atoms with E-state index >= 15 is 0 Å². The number of allylic oxidation sites excluding steroid dienone is 1. The second kappa shape index (κ2) is 30.1. The Morgan fingerprint density at radius 3 is 2.27 bits per heavy atom. The van der Waals surface area contributed by atoms with Crippen molar-refractivity contribution in [2.75, 3.05) is 52.8 Å². The first-order valence-electron chi connectivity index (χ1n) is 26.5. The van der Waals surface area contributed by atoms with Gasteiger partial charge in [-0.25, -0.2) is 4.79 Å². The van der Waals surface area contributed by atoms with Gasteiger partial charge in [0.1, 0.15) is 36.2 Å². The SMILES string of the molecule is C=CCOC12Oc3ccc(Oc4cccc(C=O)c4)cc3C3C(CCCCO)C(CCCCO)C=C(C(=NOCc4ccccc4)CC1N(CCOCCO)C(=O)OCCCCCCCCCCCC)C32. The van der Waals surface area contributed by atoms with Crippen LogP contribution in [0.1, 0.15) is 143 Å². The predicted molar refractivity (Wildman–Crippen MR) is 276 cm³/mol. The van der Waals surface area contributed by atoms with E-state index in [1.165, 1.54) is 38.5 Å². The molecule has 0 aromatic heterocycles. The Morgan fingerprint density at radius 2 is 1.55 bits per heavy atom. The monoisotopic (exact) mass is 981 g/mol. The molecule has 3 N–H and O–H groups in total. The molecule has 2 aliphatic carbocycles. The first-order valence-corrected chi connectivity index (χ1v) is 26.5. The number of benzene rings is 3. The summed E-state index contributed by atoms with van der Waals surface area (Å²) in [5.74, 6) is -0.678. The maximum absolute atomic E-state index is 14.9. The van der Waals surface area contributed by atoms with Crippen LogP contribution in [0.2, 0.25) is 0 Å². The number of rotatable bonds is 34. The highest BCUT2D eigenvalue weighted by atomic mass is 16.7. The number of hydrogen-bond donors (Lipinski definition) is 3. The number of nitrogens with zero attached hydrogens (tertiary/aromatic N) is 2. The molecule has 1 amide bonds. The van der Waals surface area contributed by atoms with Crippen LogP contribution in [-0.2, 0) is 25.7 Å². The molecule has 1 heterocycles. The summed E-state index contributed by atoms with van der Waals surface area (Å²) < 4.78 is 33.1. The summed E-state index contributed by atoms with van der Waals surface area (Å²) >= 11 is 0. The Morgan fingerprint density at radius 1 is 0.817 bits per heavy atom. The van der Waals surface area contributed by atoms with E-state index in [9.17, 15) is 24.9 Å². The van der Waals surface area contributed by atoms with Crippen LogP contribution >= 0.6 is 0 Å². The van der Waals surface area contributed by atoms with Crippen molar-refractivity contribution in [3.63, 3.8) is 0 Å². The zero-order chi connectivity index (χ0) is 50.1. The minimum Gasteiger partial charge on any atom is -0.459 e. The Labute approximate surface area is 422 Å². The van der Waals surface area contributed by atoms with Crippen molar-refractivity contribution in [3.8, 4) is 17.2 Å². The summed E-state index contributed by atoms with van der Waals surface area (Å²) in [6.45, 7) is 7.18. The summed E-state index contributed by atoms with van der Waals surface area (Å²) in [7, 11) is 0. The van der Waals surface area contributed by atoms with Crippen LogP contribution in [0, 0.1) is 17.8 Å². The molecule has 13 heteroatoms. The van der Waals surface area contributed by atoms with Crippen molar-refractivity contribution in [1.82, 2.24) is 4.90 Å². The second-order valence-electron chi connectivity index (χ2n) is 19.1. The molecule has 6 atom stereocenters. The van der Waals surface area contributed by atoms with E-state index in [-0.39, 0.29) is 83.6 Å². The van der Waals surface area contributed by atoms with Crippen molar-refractivity contribution >= 4 is 18.1 Å².